The van der Waals surface area contributed by atoms with Gasteiger partial charge in [0, 0.05) is 89.3 Å². The first-order valence-corrected chi connectivity index (χ1v) is 17.7. The van der Waals surface area contributed by atoms with Gasteiger partial charge in [-0.2, -0.15) is 26.3 Å². The van der Waals surface area contributed by atoms with Crippen LogP contribution in [0.1, 0.15) is 36.1 Å². The Hall–Kier alpha value is -6.80. The molecule has 0 fully saturated rings. The van der Waals surface area contributed by atoms with Gasteiger partial charge in [-0.1, -0.05) is 60.7 Å². The monoisotopic (exact) mass is 844 g/mol. The molecule has 0 spiro atoms. The summed E-state index contributed by atoms with van der Waals surface area (Å²) in [6.07, 6.45) is -8.72. The number of esters is 1. The van der Waals surface area contributed by atoms with Crippen LogP contribution in [0.25, 0.3) is 21.8 Å². The van der Waals surface area contributed by atoms with E-state index in [4.69, 9.17) is 4.74 Å². The van der Waals surface area contributed by atoms with E-state index in [2.05, 4.69) is 4.74 Å². The molecular weight excluding hydrogens is 810 g/mol. The number of carboxylic acid groups (broad SMARTS) is 1. The standard InChI is InChI=1S/2C20H17F3N2O5/c1-2-30-18(26)19(27,20(21,22)23)16-12-24(11-13-6-4-3-5-7-13)17-9-8-14(25(28)29)10-15(16)17;1-2-30-19(18(26)27,20(21,22)23)16-12-24(11-13-6-4-3-5-7-13)17-9-8-14(25(28)29)10-15(16)17/h3-10,12,27H,2,11H2,1H3;3-10,12H,2,11H2,1H3,(H,26,27). The summed E-state index contributed by atoms with van der Waals surface area (Å²) in [5.74, 6) is -4.15. The van der Waals surface area contributed by atoms with Gasteiger partial charge in [0.2, 0.25) is 0 Å². The van der Waals surface area contributed by atoms with Crippen molar-refractivity contribution >= 4 is 45.1 Å². The lowest BCUT2D eigenvalue weighted by Crippen LogP contribution is -2.51. The van der Waals surface area contributed by atoms with Crippen LogP contribution in [0.3, 0.4) is 0 Å². The molecule has 20 heteroatoms. The number of aliphatic hydroxyl groups is 1. The van der Waals surface area contributed by atoms with Crippen LogP contribution >= 0.6 is 0 Å². The second-order valence-corrected chi connectivity index (χ2v) is 13.1. The van der Waals surface area contributed by atoms with Crippen molar-refractivity contribution in [2.75, 3.05) is 13.2 Å². The number of carbonyl (C=O) groups is 2. The minimum absolute atomic E-state index is 0.117. The highest BCUT2D eigenvalue weighted by atomic mass is 19.4. The van der Waals surface area contributed by atoms with E-state index in [1.54, 1.807) is 60.7 Å². The van der Waals surface area contributed by atoms with Crippen molar-refractivity contribution in [3.63, 3.8) is 0 Å². The topological polar surface area (TPSA) is 189 Å². The number of halogens is 6. The van der Waals surface area contributed by atoms with Crippen LogP contribution in [0.2, 0.25) is 0 Å². The van der Waals surface area contributed by atoms with E-state index in [0.717, 1.165) is 47.8 Å². The van der Waals surface area contributed by atoms with E-state index in [-0.39, 0.29) is 41.5 Å². The summed E-state index contributed by atoms with van der Waals surface area (Å²) < 4.78 is 96.0. The van der Waals surface area contributed by atoms with Crippen LogP contribution in [0.4, 0.5) is 37.7 Å². The number of nitro benzene ring substituents is 2. The van der Waals surface area contributed by atoms with Crippen molar-refractivity contribution in [3.05, 3.63) is 152 Å². The quantitative estimate of drug-likeness (QED) is 0.0494. The highest BCUT2D eigenvalue weighted by molar-refractivity contribution is 5.95. The smallest absolute Gasteiger partial charge is 0.432 e. The molecule has 2 aromatic heterocycles. The van der Waals surface area contributed by atoms with Crippen molar-refractivity contribution in [3.8, 4) is 0 Å². The van der Waals surface area contributed by atoms with Gasteiger partial charge in [0.15, 0.2) is 0 Å². The van der Waals surface area contributed by atoms with Gasteiger partial charge in [-0.3, -0.25) is 20.2 Å². The molecule has 0 saturated heterocycles. The summed E-state index contributed by atoms with van der Waals surface area (Å²) in [6, 6.07) is 24.3. The number of carboxylic acids is 1. The Morgan fingerprint density at radius 2 is 1.10 bits per heavy atom. The van der Waals surface area contributed by atoms with E-state index in [1.165, 1.54) is 35.1 Å². The fourth-order valence-electron chi connectivity index (χ4n) is 6.63. The normalized spacial score (nSPS) is 13.8. The average molecular weight is 845 g/mol. The van der Waals surface area contributed by atoms with Crippen molar-refractivity contribution in [1.29, 1.82) is 0 Å². The van der Waals surface area contributed by atoms with Crippen LogP contribution in [-0.2, 0) is 43.4 Å². The van der Waals surface area contributed by atoms with Gasteiger partial charge in [-0.25, -0.2) is 9.59 Å². The molecule has 2 atom stereocenters. The third kappa shape index (κ3) is 8.36. The van der Waals surface area contributed by atoms with Gasteiger partial charge in [-0.15, -0.1) is 0 Å². The summed E-state index contributed by atoms with van der Waals surface area (Å²) in [7, 11) is 0. The molecule has 6 rings (SSSR count). The second kappa shape index (κ2) is 17.2. The number of fused-ring (bicyclic) bond motifs is 2. The highest BCUT2D eigenvalue weighted by Gasteiger charge is 2.65. The molecule has 0 aliphatic carbocycles. The number of nitrogens with zero attached hydrogens (tertiary/aromatic N) is 4. The molecule has 4 aromatic carbocycles. The molecule has 60 heavy (non-hydrogen) atoms. The fourth-order valence-corrected chi connectivity index (χ4v) is 6.63. The molecular formula is C40H34F6N4O10. The Labute approximate surface area is 335 Å². The first kappa shape index (κ1) is 44.3. The van der Waals surface area contributed by atoms with Gasteiger partial charge >= 0.3 is 24.3 Å². The highest BCUT2D eigenvalue weighted by Crippen LogP contribution is 2.47. The van der Waals surface area contributed by atoms with Gasteiger partial charge in [0.05, 0.1) is 16.5 Å². The van der Waals surface area contributed by atoms with Gasteiger partial charge in [0.25, 0.3) is 22.6 Å². The van der Waals surface area contributed by atoms with Crippen molar-refractivity contribution < 1.29 is 65.5 Å². The minimum atomic E-state index is -5.42. The van der Waals surface area contributed by atoms with E-state index in [9.17, 15) is 66.4 Å². The van der Waals surface area contributed by atoms with Crippen LogP contribution < -0.4 is 0 Å². The minimum Gasteiger partial charge on any atom is -0.479 e. The number of carbonyl (C=O) groups excluding carboxylic acids is 1. The van der Waals surface area contributed by atoms with E-state index in [1.807, 2.05) is 0 Å². The number of non-ortho nitro benzene ring substituents is 2. The maximum absolute atomic E-state index is 14.1. The average Bonchev–Trinajstić information content (AvgIpc) is 3.74. The number of aromatic nitrogens is 2. The van der Waals surface area contributed by atoms with E-state index >= 15 is 0 Å². The molecule has 0 saturated carbocycles. The SMILES string of the molecule is CCOC(=O)C(O)(c1cn(Cc2ccccc2)c2ccc([N+](=O)[O-])cc12)C(F)(F)F.CCOC(C(=O)O)(c1cn(Cc2ccccc2)c2ccc([N+](=O)[O-])cc12)C(F)(F)F. The van der Waals surface area contributed by atoms with Crippen LogP contribution in [0.5, 0.6) is 0 Å². The Kier molecular flexibility index (Phi) is 12.7. The molecule has 0 amide bonds. The number of nitro groups is 2. The summed E-state index contributed by atoms with van der Waals surface area (Å²) in [6.45, 7) is 1.88. The largest absolute Gasteiger partial charge is 0.479 e. The number of ether oxygens (including phenoxy) is 2. The fraction of sp³-hybridized carbons (Fsp3) is 0.250. The molecule has 14 nitrogen and oxygen atoms in total. The van der Waals surface area contributed by atoms with Crippen molar-refractivity contribution in [2.24, 2.45) is 0 Å². The zero-order valence-electron chi connectivity index (χ0n) is 31.4. The number of hydrogen-bond acceptors (Lipinski definition) is 9. The Morgan fingerprint density at radius 1 is 0.667 bits per heavy atom. The number of alkyl halides is 6. The number of rotatable bonds is 13. The molecule has 2 heterocycles. The lowest BCUT2D eigenvalue weighted by Gasteiger charge is -2.31. The van der Waals surface area contributed by atoms with Crippen LogP contribution in [-0.4, -0.2) is 66.7 Å². The number of benzene rings is 4. The number of hydrogen-bond donors (Lipinski definition) is 2. The molecule has 0 bridgehead atoms. The first-order chi connectivity index (χ1) is 28.2. The van der Waals surface area contributed by atoms with Gasteiger partial charge in [0.1, 0.15) is 0 Å². The van der Waals surface area contributed by atoms with Gasteiger partial charge in [-0.05, 0) is 37.1 Å². The zero-order chi connectivity index (χ0) is 44.2. The molecule has 6 aromatic rings. The first-order valence-electron chi connectivity index (χ1n) is 17.7. The summed E-state index contributed by atoms with van der Waals surface area (Å²) in [5.41, 5.74) is -8.24. The number of aliphatic carboxylic acids is 1. The summed E-state index contributed by atoms with van der Waals surface area (Å²) in [5, 5.41) is 42.0. The molecule has 2 N–H and O–H groups in total. The molecule has 316 valence electrons. The third-order valence-corrected chi connectivity index (χ3v) is 9.35. The summed E-state index contributed by atoms with van der Waals surface area (Å²) >= 11 is 0. The predicted molar refractivity (Wildman–Crippen MR) is 202 cm³/mol. The maximum atomic E-state index is 14.1. The zero-order valence-corrected chi connectivity index (χ0v) is 31.4. The third-order valence-electron chi connectivity index (χ3n) is 9.35. The lowest BCUT2D eigenvalue weighted by molar-refractivity contribution is -0.384. The summed E-state index contributed by atoms with van der Waals surface area (Å²) in [4.78, 5) is 44.9. The lowest BCUT2D eigenvalue weighted by atomic mass is 9.92. The van der Waals surface area contributed by atoms with E-state index < -0.39 is 74.4 Å². The molecule has 0 radical (unpaired) electrons. The molecule has 0 aliphatic rings. The Bertz CT molecular complexity index is 2540. The maximum Gasteiger partial charge on any atom is 0.432 e. The van der Waals surface area contributed by atoms with E-state index in [0.29, 0.717) is 0 Å². The second-order valence-electron chi connectivity index (χ2n) is 13.1. The molecule has 2 unspecified atom stereocenters. The van der Waals surface area contributed by atoms with Crippen LogP contribution in [0.15, 0.2) is 109 Å². The Balaban J connectivity index is 0.000000228. The predicted octanol–water partition coefficient (Wildman–Crippen LogP) is 8.39. The van der Waals surface area contributed by atoms with Crippen molar-refractivity contribution in [2.45, 2.75) is 50.5 Å². The Morgan fingerprint density at radius 3 is 1.47 bits per heavy atom. The van der Waals surface area contributed by atoms with Gasteiger partial charge < -0.3 is 28.8 Å². The van der Waals surface area contributed by atoms with Crippen LogP contribution in [0, 0.1) is 20.2 Å². The molecule has 0 aliphatic heterocycles. The van der Waals surface area contributed by atoms with Crippen molar-refractivity contribution in [1.82, 2.24) is 9.13 Å².